The van der Waals surface area contributed by atoms with Gasteiger partial charge in [0.25, 0.3) is 5.56 Å². The molecule has 7 heteroatoms. The van der Waals surface area contributed by atoms with Gasteiger partial charge in [-0.25, -0.2) is 4.98 Å². The zero-order valence-corrected chi connectivity index (χ0v) is 15.7. The number of halogens is 2. The van der Waals surface area contributed by atoms with Crippen LogP contribution in [0.25, 0.3) is 10.9 Å². The highest BCUT2D eigenvalue weighted by molar-refractivity contribution is 6.39. The summed E-state index contributed by atoms with van der Waals surface area (Å²) in [6, 6.07) is 1.35. The lowest BCUT2D eigenvalue weighted by molar-refractivity contribution is 0.313. The van der Waals surface area contributed by atoms with Crippen LogP contribution in [0, 0.1) is 0 Å². The Kier molecular flexibility index (Phi) is 7.32. The molecule has 1 aromatic carbocycles. The standard InChI is InChI=1S/C14H17Cl2N3O2.C2H6/c1-4-5-18(2)7-10-17-12-11(14(21)19(10)3)8(15)6-9(16)13(12)20;1-2/h6,20H,4-5,7H2,1-3H3;1-2H3. The first kappa shape index (κ1) is 19.7. The molecule has 0 aliphatic heterocycles. The van der Waals surface area contributed by atoms with Gasteiger partial charge in [-0.15, -0.1) is 0 Å². The highest BCUT2D eigenvalue weighted by Crippen LogP contribution is 2.34. The van der Waals surface area contributed by atoms with Crippen LogP contribution in [0.4, 0.5) is 0 Å². The van der Waals surface area contributed by atoms with E-state index in [0.717, 1.165) is 13.0 Å². The average molecular weight is 360 g/mol. The lowest BCUT2D eigenvalue weighted by Gasteiger charge is -2.17. The Labute approximate surface area is 146 Å². The van der Waals surface area contributed by atoms with Crippen LogP contribution in [0.2, 0.25) is 10.0 Å². The van der Waals surface area contributed by atoms with Crippen molar-refractivity contribution in [2.75, 3.05) is 13.6 Å². The molecule has 5 nitrogen and oxygen atoms in total. The van der Waals surface area contributed by atoms with Crippen molar-refractivity contribution in [2.45, 2.75) is 33.7 Å². The van der Waals surface area contributed by atoms with Gasteiger partial charge in [-0.05, 0) is 26.1 Å². The predicted molar refractivity (Wildman–Crippen MR) is 96.6 cm³/mol. The maximum Gasteiger partial charge on any atom is 0.262 e. The van der Waals surface area contributed by atoms with E-state index in [1.807, 2.05) is 20.9 Å². The summed E-state index contributed by atoms with van der Waals surface area (Å²) >= 11 is 12.0. The van der Waals surface area contributed by atoms with E-state index >= 15 is 0 Å². The van der Waals surface area contributed by atoms with Crippen molar-refractivity contribution in [1.82, 2.24) is 14.5 Å². The van der Waals surface area contributed by atoms with Crippen molar-refractivity contribution < 1.29 is 5.11 Å². The number of phenols is 1. The summed E-state index contributed by atoms with van der Waals surface area (Å²) in [5.41, 5.74) is -0.146. The van der Waals surface area contributed by atoms with E-state index in [0.29, 0.717) is 12.4 Å². The first-order valence-corrected chi connectivity index (χ1v) is 8.37. The van der Waals surface area contributed by atoms with Gasteiger partial charge in [0, 0.05) is 7.05 Å². The molecular weight excluding hydrogens is 337 g/mol. The number of hydrogen-bond donors (Lipinski definition) is 1. The van der Waals surface area contributed by atoms with Crippen LogP contribution in [0.15, 0.2) is 10.9 Å². The van der Waals surface area contributed by atoms with Gasteiger partial charge in [0.1, 0.15) is 11.3 Å². The molecule has 0 aliphatic rings. The van der Waals surface area contributed by atoms with Gasteiger partial charge in [-0.1, -0.05) is 44.0 Å². The van der Waals surface area contributed by atoms with Gasteiger partial charge in [-0.2, -0.15) is 0 Å². The predicted octanol–water partition coefficient (Wildman–Crippen LogP) is 3.81. The third-order valence-corrected chi connectivity index (χ3v) is 3.93. The topological polar surface area (TPSA) is 58.4 Å². The third-order valence-electron chi connectivity index (χ3n) is 3.34. The van der Waals surface area contributed by atoms with Crippen molar-refractivity contribution >= 4 is 34.1 Å². The van der Waals surface area contributed by atoms with Gasteiger partial charge in [0.2, 0.25) is 0 Å². The molecule has 0 fully saturated rings. The monoisotopic (exact) mass is 359 g/mol. The van der Waals surface area contributed by atoms with Crippen LogP contribution >= 0.6 is 23.2 Å². The number of nitrogens with zero attached hydrogens (tertiary/aromatic N) is 3. The van der Waals surface area contributed by atoms with E-state index in [1.54, 1.807) is 7.05 Å². The molecule has 0 saturated carbocycles. The summed E-state index contributed by atoms with van der Waals surface area (Å²) in [7, 11) is 3.59. The maximum atomic E-state index is 12.4. The molecule has 0 radical (unpaired) electrons. The summed E-state index contributed by atoms with van der Waals surface area (Å²) in [4.78, 5) is 18.9. The van der Waals surface area contributed by atoms with Crippen molar-refractivity contribution in [3.8, 4) is 5.75 Å². The highest BCUT2D eigenvalue weighted by atomic mass is 35.5. The first-order chi connectivity index (χ1) is 10.9. The fourth-order valence-corrected chi connectivity index (χ4v) is 2.78. The molecule has 23 heavy (non-hydrogen) atoms. The van der Waals surface area contributed by atoms with E-state index in [2.05, 4.69) is 16.8 Å². The van der Waals surface area contributed by atoms with Crippen molar-refractivity contribution in [3.63, 3.8) is 0 Å². The number of fused-ring (bicyclic) bond motifs is 1. The highest BCUT2D eigenvalue weighted by Gasteiger charge is 2.17. The maximum absolute atomic E-state index is 12.4. The Morgan fingerprint density at radius 1 is 1.30 bits per heavy atom. The van der Waals surface area contributed by atoms with Crippen molar-refractivity contribution in [1.29, 1.82) is 0 Å². The Morgan fingerprint density at radius 2 is 1.91 bits per heavy atom. The Hall–Kier alpha value is -1.30. The summed E-state index contributed by atoms with van der Waals surface area (Å²) < 4.78 is 1.45. The SMILES string of the molecule is CC.CCCN(C)Cc1nc2c(O)c(Cl)cc(Cl)c2c(=O)n1C. The minimum absolute atomic E-state index is 0.0844. The smallest absolute Gasteiger partial charge is 0.262 e. The number of aromatic hydroxyl groups is 1. The number of rotatable bonds is 4. The van der Waals surface area contributed by atoms with Crippen molar-refractivity contribution in [2.24, 2.45) is 7.05 Å². The van der Waals surface area contributed by atoms with Crippen molar-refractivity contribution in [3.05, 3.63) is 32.3 Å². The summed E-state index contributed by atoms with van der Waals surface area (Å²) in [6.07, 6.45) is 1.00. The van der Waals surface area contributed by atoms with Crippen LogP contribution in [0.1, 0.15) is 33.0 Å². The molecule has 1 aromatic heterocycles. The van der Waals surface area contributed by atoms with Gasteiger partial charge in [-0.3, -0.25) is 14.3 Å². The average Bonchev–Trinajstić information content (AvgIpc) is 2.51. The lowest BCUT2D eigenvalue weighted by atomic mass is 10.2. The zero-order chi connectivity index (χ0) is 17.7. The number of benzene rings is 1. The molecule has 0 spiro atoms. The zero-order valence-electron chi connectivity index (χ0n) is 14.2. The van der Waals surface area contributed by atoms with Crippen LogP contribution in [0.3, 0.4) is 0 Å². The number of hydrogen-bond acceptors (Lipinski definition) is 4. The Bertz CT molecular complexity index is 744. The Morgan fingerprint density at radius 3 is 2.48 bits per heavy atom. The molecule has 2 aromatic rings. The first-order valence-electron chi connectivity index (χ1n) is 7.62. The van der Waals surface area contributed by atoms with Gasteiger partial charge < -0.3 is 5.11 Å². The molecular formula is C16H23Cl2N3O2. The molecule has 2 rings (SSSR count). The van der Waals surface area contributed by atoms with E-state index < -0.39 is 0 Å². The van der Waals surface area contributed by atoms with E-state index in [4.69, 9.17) is 23.2 Å². The largest absolute Gasteiger partial charge is 0.504 e. The van der Waals surface area contributed by atoms with E-state index in [1.165, 1.54) is 10.6 Å². The summed E-state index contributed by atoms with van der Waals surface area (Å²) in [6.45, 7) is 7.46. The third kappa shape index (κ3) is 4.16. The minimum Gasteiger partial charge on any atom is -0.504 e. The number of aromatic nitrogens is 2. The summed E-state index contributed by atoms with van der Waals surface area (Å²) in [5.74, 6) is 0.338. The van der Waals surface area contributed by atoms with Gasteiger partial charge in [0.15, 0.2) is 5.75 Å². The van der Waals surface area contributed by atoms with E-state index in [9.17, 15) is 9.90 Å². The normalized spacial score (nSPS) is 10.8. The lowest BCUT2D eigenvalue weighted by Crippen LogP contribution is -2.28. The summed E-state index contributed by atoms with van der Waals surface area (Å²) in [5, 5.41) is 10.5. The second kappa shape index (κ2) is 8.52. The number of phenolic OH excluding ortho intramolecular Hbond substituents is 1. The molecule has 0 aliphatic carbocycles. The fourth-order valence-electron chi connectivity index (χ4n) is 2.24. The molecule has 128 valence electrons. The van der Waals surface area contributed by atoms with Crippen LogP contribution < -0.4 is 5.56 Å². The van der Waals surface area contributed by atoms with Gasteiger partial charge >= 0.3 is 0 Å². The molecule has 0 atom stereocenters. The quantitative estimate of drug-likeness (QED) is 0.901. The Balaban J connectivity index is 0.00000127. The van der Waals surface area contributed by atoms with Gasteiger partial charge in [0.05, 0.1) is 22.0 Å². The van der Waals surface area contributed by atoms with Crippen LogP contribution in [0.5, 0.6) is 5.75 Å². The molecule has 1 heterocycles. The minimum atomic E-state index is -0.295. The second-order valence-electron chi connectivity index (χ2n) is 5.04. The molecule has 0 amide bonds. The fraction of sp³-hybridized carbons (Fsp3) is 0.500. The molecule has 0 saturated heterocycles. The molecule has 1 N–H and O–H groups in total. The van der Waals surface area contributed by atoms with Crippen LogP contribution in [-0.4, -0.2) is 33.1 Å². The molecule has 0 unspecified atom stereocenters. The molecule has 0 bridgehead atoms. The second-order valence-corrected chi connectivity index (χ2v) is 5.86. The van der Waals surface area contributed by atoms with Crippen LogP contribution in [-0.2, 0) is 13.6 Å². The van der Waals surface area contributed by atoms with E-state index in [-0.39, 0.29) is 32.3 Å².